The Balaban J connectivity index is 1.83. The molecule has 8 heteroatoms. The number of fused-ring (bicyclic) bond motifs is 1. The van der Waals surface area contributed by atoms with Gasteiger partial charge in [0.25, 0.3) is 5.91 Å². The quantitative estimate of drug-likeness (QED) is 0.627. The molecule has 0 aliphatic heterocycles. The van der Waals surface area contributed by atoms with Crippen LogP contribution in [0.25, 0.3) is 10.9 Å². The molecule has 158 valence electrons. The molecule has 0 saturated carbocycles. The van der Waals surface area contributed by atoms with E-state index in [1.54, 1.807) is 29.2 Å². The van der Waals surface area contributed by atoms with Crippen LogP contribution in [-0.4, -0.2) is 49.0 Å². The van der Waals surface area contributed by atoms with E-state index in [2.05, 4.69) is 5.32 Å². The lowest BCUT2D eigenvalue weighted by Gasteiger charge is -2.19. The van der Waals surface area contributed by atoms with Gasteiger partial charge < -0.3 is 14.8 Å². The molecule has 0 fully saturated rings. The number of carbonyl (C=O) groups excluding carboxylic acids is 2. The highest BCUT2D eigenvalue weighted by atomic mass is 32.2. The number of rotatable bonds is 7. The zero-order chi connectivity index (χ0) is 21.9. The van der Waals surface area contributed by atoms with Crippen molar-refractivity contribution >= 4 is 38.2 Å². The first-order valence-electron chi connectivity index (χ1n) is 9.71. The van der Waals surface area contributed by atoms with Gasteiger partial charge in [-0.05, 0) is 50.2 Å². The highest BCUT2D eigenvalue weighted by Gasteiger charge is 2.18. The second-order valence-corrected chi connectivity index (χ2v) is 8.99. The first kappa shape index (κ1) is 21.6. The minimum Gasteiger partial charge on any atom is -0.342 e. The van der Waals surface area contributed by atoms with Crippen LogP contribution in [-0.2, 0) is 21.2 Å². The second-order valence-electron chi connectivity index (χ2n) is 7.01. The van der Waals surface area contributed by atoms with Gasteiger partial charge in [-0.15, -0.1) is 0 Å². The summed E-state index contributed by atoms with van der Waals surface area (Å²) < 4.78 is 25.8. The number of benzene rings is 2. The van der Waals surface area contributed by atoms with Gasteiger partial charge in [0.05, 0.1) is 10.5 Å². The van der Waals surface area contributed by atoms with Crippen molar-refractivity contribution in [2.75, 3.05) is 24.7 Å². The van der Waals surface area contributed by atoms with E-state index in [1.807, 2.05) is 36.7 Å². The average molecular weight is 428 g/mol. The van der Waals surface area contributed by atoms with Crippen LogP contribution >= 0.6 is 0 Å². The Labute approximate surface area is 176 Å². The summed E-state index contributed by atoms with van der Waals surface area (Å²) in [6.45, 7) is 5.48. The second kappa shape index (κ2) is 8.71. The maximum absolute atomic E-state index is 12.7. The van der Waals surface area contributed by atoms with E-state index < -0.39 is 15.7 Å². The monoisotopic (exact) mass is 427 g/mol. The minimum atomic E-state index is -3.53. The summed E-state index contributed by atoms with van der Waals surface area (Å²) in [4.78, 5) is 26.8. The molecule has 3 aromatic rings. The molecule has 1 N–H and O–H groups in total. The Morgan fingerprint density at radius 2 is 1.73 bits per heavy atom. The molecule has 0 bridgehead atoms. The van der Waals surface area contributed by atoms with E-state index in [0.717, 1.165) is 17.2 Å². The van der Waals surface area contributed by atoms with E-state index in [1.165, 1.54) is 12.1 Å². The number of sulfone groups is 1. The molecule has 2 aromatic carbocycles. The van der Waals surface area contributed by atoms with Gasteiger partial charge in [-0.1, -0.05) is 12.1 Å². The third-order valence-corrected chi connectivity index (χ3v) is 6.14. The molecule has 7 nitrogen and oxygen atoms in total. The zero-order valence-corrected chi connectivity index (χ0v) is 18.1. The van der Waals surface area contributed by atoms with Crippen LogP contribution in [0.3, 0.4) is 0 Å². The molecule has 0 unspecified atom stereocenters. The normalized spacial score (nSPS) is 11.4. The first-order valence-corrected chi connectivity index (χ1v) is 11.6. The van der Waals surface area contributed by atoms with Crippen molar-refractivity contribution in [2.45, 2.75) is 25.3 Å². The summed E-state index contributed by atoms with van der Waals surface area (Å²) >= 11 is 0. The van der Waals surface area contributed by atoms with Gasteiger partial charge in [0.2, 0.25) is 5.91 Å². The third kappa shape index (κ3) is 4.54. The molecule has 0 radical (unpaired) electrons. The van der Waals surface area contributed by atoms with Gasteiger partial charge in [0, 0.05) is 42.1 Å². The van der Waals surface area contributed by atoms with Gasteiger partial charge >= 0.3 is 0 Å². The molecule has 0 aliphatic rings. The number of likely N-dealkylation sites (N-methyl/N-ethyl adjacent to an activating group) is 1. The molecule has 30 heavy (non-hydrogen) atoms. The van der Waals surface area contributed by atoms with E-state index >= 15 is 0 Å². The lowest BCUT2D eigenvalue weighted by atomic mass is 10.2. The minimum absolute atomic E-state index is 0.00959. The fraction of sp³-hybridized carbons (Fsp3) is 0.273. The van der Waals surface area contributed by atoms with Gasteiger partial charge in [0.15, 0.2) is 9.84 Å². The SMILES string of the molecule is CCN(CC)C(=O)Cn1ccc2cc(NC(=O)c3ccccc3S(C)(=O)=O)ccc21. The Bertz CT molecular complexity index is 1190. The van der Waals surface area contributed by atoms with E-state index in [-0.39, 0.29) is 22.9 Å². The molecule has 1 aromatic heterocycles. The van der Waals surface area contributed by atoms with Crippen LogP contribution in [0.5, 0.6) is 0 Å². The van der Waals surface area contributed by atoms with Crippen molar-refractivity contribution < 1.29 is 18.0 Å². The predicted octanol–water partition coefficient (Wildman–Crippen LogP) is 3.17. The molecule has 1 heterocycles. The van der Waals surface area contributed by atoms with Crippen LogP contribution in [0, 0.1) is 0 Å². The molecule has 0 saturated heterocycles. The van der Waals surface area contributed by atoms with Crippen molar-refractivity contribution in [3.8, 4) is 0 Å². The van der Waals surface area contributed by atoms with Crippen LogP contribution in [0.1, 0.15) is 24.2 Å². The standard InChI is InChI=1S/C22H25N3O4S/c1-4-24(5-2)21(26)15-25-13-12-16-14-17(10-11-19(16)25)23-22(27)18-8-6-7-9-20(18)30(3,28)29/h6-14H,4-5,15H2,1-3H3,(H,23,27). The molecule has 0 spiro atoms. The average Bonchev–Trinajstić information content (AvgIpc) is 3.10. The Morgan fingerprint density at radius 3 is 2.40 bits per heavy atom. The van der Waals surface area contributed by atoms with Gasteiger partial charge in [-0.2, -0.15) is 0 Å². The van der Waals surface area contributed by atoms with Gasteiger partial charge in [-0.3, -0.25) is 9.59 Å². The summed E-state index contributed by atoms with van der Waals surface area (Å²) in [7, 11) is -3.53. The maximum Gasteiger partial charge on any atom is 0.256 e. The van der Waals surface area contributed by atoms with Crippen LogP contribution in [0.2, 0.25) is 0 Å². The van der Waals surface area contributed by atoms with Crippen molar-refractivity contribution in [1.82, 2.24) is 9.47 Å². The fourth-order valence-electron chi connectivity index (χ4n) is 3.41. The molecule has 3 rings (SSSR count). The fourth-order valence-corrected chi connectivity index (χ4v) is 4.30. The lowest BCUT2D eigenvalue weighted by molar-refractivity contribution is -0.131. The van der Waals surface area contributed by atoms with Crippen molar-refractivity contribution in [2.24, 2.45) is 0 Å². The van der Waals surface area contributed by atoms with E-state index in [0.29, 0.717) is 18.8 Å². The zero-order valence-electron chi connectivity index (χ0n) is 17.3. The predicted molar refractivity (Wildman–Crippen MR) is 117 cm³/mol. The molecular formula is C22H25N3O4S. The number of carbonyl (C=O) groups is 2. The Morgan fingerprint density at radius 1 is 1.03 bits per heavy atom. The number of nitrogens with zero attached hydrogens (tertiary/aromatic N) is 2. The maximum atomic E-state index is 12.7. The molecule has 2 amide bonds. The van der Waals surface area contributed by atoms with E-state index in [4.69, 9.17) is 0 Å². The number of hydrogen-bond donors (Lipinski definition) is 1. The third-order valence-electron chi connectivity index (χ3n) is 4.98. The highest BCUT2D eigenvalue weighted by Crippen LogP contribution is 2.22. The van der Waals surface area contributed by atoms with E-state index in [9.17, 15) is 18.0 Å². The topological polar surface area (TPSA) is 88.5 Å². The summed E-state index contributed by atoms with van der Waals surface area (Å²) in [5.74, 6) is -0.446. The van der Waals surface area contributed by atoms with Gasteiger partial charge in [0.1, 0.15) is 6.54 Å². The molecule has 0 atom stereocenters. The Kier molecular flexibility index (Phi) is 6.26. The molecular weight excluding hydrogens is 402 g/mol. The highest BCUT2D eigenvalue weighted by molar-refractivity contribution is 7.90. The number of amides is 2. The summed E-state index contributed by atoms with van der Waals surface area (Å²) in [6.07, 6.45) is 2.92. The lowest BCUT2D eigenvalue weighted by Crippen LogP contribution is -2.33. The van der Waals surface area contributed by atoms with Crippen molar-refractivity contribution in [3.63, 3.8) is 0 Å². The van der Waals surface area contributed by atoms with Gasteiger partial charge in [-0.25, -0.2) is 8.42 Å². The Hall–Kier alpha value is -3.13. The van der Waals surface area contributed by atoms with Crippen LogP contribution in [0.15, 0.2) is 59.6 Å². The number of hydrogen-bond acceptors (Lipinski definition) is 4. The van der Waals surface area contributed by atoms with Crippen molar-refractivity contribution in [1.29, 1.82) is 0 Å². The molecule has 0 aliphatic carbocycles. The summed E-state index contributed by atoms with van der Waals surface area (Å²) in [6, 6.07) is 13.4. The van der Waals surface area contributed by atoms with Crippen LogP contribution < -0.4 is 5.32 Å². The largest absolute Gasteiger partial charge is 0.342 e. The number of nitrogens with one attached hydrogen (secondary N) is 1. The van der Waals surface area contributed by atoms with Crippen LogP contribution in [0.4, 0.5) is 5.69 Å². The number of anilines is 1. The summed E-state index contributed by atoms with van der Waals surface area (Å²) in [5.41, 5.74) is 1.52. The smallest absolute Gasteiger partial charge is 0.256 e. The number of aromatic nitrogens is 1. The van der Waals surface area contributed by atoms with Crippen molar-refractivity contribution in [3.05, 3.63) is 60.3 Å². The first-order chi connectivity index (χ1) is 14.2. The summed E-state index contributed by atoms with van der Waals surface area (Å²) in [5, 5.41) is 3.63.